The van der Waals surface area contributed by atoms with Crippen molar-refractivity contribution in [2.75, 3.05) is 0 Å². The average Bonchev–Trinajstić information content (AvgIpc) is 2.40. The average molecular weight is 304 g/mol. The van der Waals surface area contributed by atoms with Crippen LogP contribution in [0.2, 0.25) is 0 Å². The highest BCUT2D eigenvalue weighted by molar-refractivity contribution is 7.90. The Morgan fingerprint density at radius 3 is 2.24 bits per heavy atom. The molecule has 0 atom stereocenters. The highest BCUT2D eigenvalue weighted by Gasteiger charge is 2.18. The lowest BCUT2D eigenvalue weighted by atomic mass is 10.2. The van der Waals surface area contributed by atoms with Crippen LogP contribution in [0.3, 0.4) is 0 Å². The van der Waals surface area contributed by atoms with Gasteiger partial charge in [0.15, 0.2) is 9.84 Å². The van der Waals surface area contributed by atoms with Crippen molar-refractivity contribution >= 4 is 9.84 Å². The minimum absolute atomic E-state index is 0.00762. The van der Waals surface area contributed by atoms with Crippen LogP contribution in [0.5, 0.6) is 5.75 Å². The molecule has 0 N–H and O–H groups in total. The molecule has 0 aromatic heterocycles. The number of rotatable bonds is 5. The summed E-state index contributed by atoms with van der Waals surface area (Å²) in [7, 11) is -3.37. The number of hydrogen-bond donors (Lipinski definition) is 0. The maximum Gasteiger partial charge on any atom is 0.182 e. The SMILES string of the molecule is Cc1ccc(S(=O)(=O)Cc2ccccc2OC(C)C)cc1. The topological polar surface area (TPSA) is 43.4 Å². The lowest BCUT2D eigenvalue weighted by molar-refractivity contribution is 0.240. The van der Waals surface area contributed by atoms with E-state index in [1.54, 1.807) is 24.3 Å². The van der Waals surface area contributed by atoms with Crippen LogP contribution in [0.4, 0.5) is 0 Å². The fraction of sp³-hybridized carbons (Fsp3) is 0.294. The molecule has 4 heteroatoms. The van der Waals surface area contributed by atoms with Crippen molar-refractivity contribution in [3.63, 3.8) is 0 Å². The Morgan fingerprint density at radius 1 is 1.00 bits per heavy atom. The van der Waals surface area contributed by atoms with E-state index < -0.39 is 9.84 Å². The predicted octanol–water partition coefficient (Wildman–Crippen LogP) is 3.76. The normalized spacial score (nSPS) is 11.6. The van der Waals surface area contributed by atoms with Gasteiger partial charge < -0.3 is 4.74 Å². The van der Waals surface area contributed by atoms with Crippen LogP contribution in [0.25, 0.3) is 0 Å². The number of ether oxygens (including phenoxy) is 1. The van der Waals surface area contributed by atoms with E-state index in [4.69, 9.17) is 4.74 Å². The molecule has 0 heterocycles. The number of sulfone groups is 1. The predicted molar refractivity (Wildman–Crippen MR) is 84.3 cm³/mol. The second-order valence-electron chi connectivity index (χ2n) is 5.35. The zero-order valence-electron chi connectivity index (χ0n) is 12.5. The Morgan fingerprint density at radius 2 is 1.62 bits per heavy atom. The van der Waals surface area contributed by atoms with Gasteiger partial charge in [-0.1, -0.05) is 35.9 Å². The van der Waals surface area contributed by atoms with Crippen molar-refractivity contribution in [1.29, 1.82) is 0 Å². The Hall–Kier alpha value is -1.81. The number of aryl methyl sites for hydroxylation is 1. The molecule has 21 heavy (non-hydrogen) atoms. The van der Waals surface area contributed by atoms with Crippen molar-refractivity contribution in [3.8, 4) is 5.75 Å². The van der Waals surface area contributed by atoms with E-state index in [-0.39, 0.29) is 11.9 Å². The molecule has 2 aromatic rings. The maximum absolute atomic E-state index is 12.5. The molecule has 112 valence electrons. The number of para-hydroxylation sites is 1. The lowest BCUT2D eigenvalue weighted by Gasteiger charge is -2.14. The summed E-state index contributed by atoms with van der Waals surface area (Å²) in [4.78, 5) is 0.340. The van der Waals surface area contributed by atoms with Gasteiger partial charge in [-0.15, -0.1) is 0 Å². The Bertz CT molecular complexity index is 701. The molecule has 0 radical (unpaired) electrons. The van der Waals surface area contributed by atoms with Crippen LogP contribution in [0.1, 0.15) is 25.0 Å². The van der Waals surface area contributed by atoms with Crippen LogP contribution in [0, 0.1) is 6.92 Å². The summed E-state index contributed by atoms with van der Waals surface area (Å²) < 4.78 is 30.7. The summed E-state index contributed by atoms with van der Waals surface area (Å²) in [5.74, 6) is 0.571. The van der Waals surface area contributed by atoms with Gasteiger partial charge in [-0.3, -0.25) is 0 Å². The first-order chi connectivity index (χ1) is 9.88. The van der Waals surface area contributed by atoms with E-state index in [0.29, 0.717) is 16.2 Å². The summed E-state index contributed by atoms with van der Waals surface area (Å²) in [6, 6.07) is 14.2. The highest BCUT2D eigenvalue weighted by atomic mass is 32.2. The summed E-state index contributed by atoms with van der Waals surface area (Å²) >= 11 is 0. The molecule has 0 aliphatic carbocycles. The Kier molecular flexibility index (Phi) is 4.68. The smallest absolute Gasteiger partial charge is 0.182 e. The fourth-order valence-electron chi connectivity index (χ4n) is 2.03. The van der Waals surface area contributed by atoms with Gasteiger partial charge in [0, 0.05) is 5.56 Å². The second-order valence-corrected chi connectivity index (χ2v) is 7.34. The zero-order chi connectivity index (χ0) is 15.5. The Balaban J connectivity index is 2.30. The van der Waals surface area contributed by atoms with E-state index in [2.05, 4.69) is 0 Å². The third kappa shape index (κ3) is 4.08. The maximum atomic E-state index is 12.5. The summed E-state index contributed by atoms with van der Waals surface area (Å²) in [6.07, 6.45) is 0.00762. The lowest BCUT2D eigenvalue weighted by Crippen LogP contribution is -2.10. The van der Waals surface area contributed by atoms with Crippen LogP contribution in [0.15, 0.2) is 53.4 Å². The van der Waals surface area contributed by atoms with Crippen LogP contribution in [-0.4, -0.2) is 14.5 Å². The molecule has 0 aliphatic rings. The van der Waals surface area contributed by atoms with Crippen molar-refractivity contribution in [2.45, 2.75) is 37.5 Å². The van der Waals surface area contributed by atoms with Crippen LogP contribution >= 0.6 is 0 Å². The molecule has 0 aliphatic heterocycles. The monoisotopic (exact) mass is 304 g/mol. The quantitative estimate of drug-likeness (QED) is 0.845. The standard InChI is InChI=1S/C17H20O3S/c1-13(2)20-17-7-5-4-6-15(17)12-21(18,19)16-10-8-14(3)9-11-16/h4-11,13H,12H2,1-3H3. The van der Waals surface area contributed by atoms with Crippen LogP contribution < -0.4 is 4.74 Å². The Labute approximate surface area is 126 Å². The van der Waals surface area contributed by atoms with E-state index in [9.17, 15) is 8.42 Å². The molecule has 0 saturated carbocycles. The second kappa shape index (κ2) is 6.31. The first-order valence-electron chi connectivity index (χ1n) is 6.92. The van der Waals surface area contributed by atoms with E-state index >= 15 is 0 Å². The number of benzene rings is 2. The van der Waals surface area contributed by atoms with Crippen molar-refractivity contribution in [3.05, 3.63) is 59.7 Å². The van der Waals surface area contributed by atoms with Gasteiger partial charge in [-0.2, -0.15) is 0 Å². The van der Waals surface area contributed by atoms with Gasteiger partial charge in [0.2, 0.25) is 0 Å². The van der Waals surface area contributed by atoms with Crippen molar-refractivity contribution in [2.24, 2.45) is 0 Å². The largest absolute Gasteiger partial charge is 0.491 e. The molecule has 0 fully saturated rings. The molecule has 2 aromatic carbocycles. The van der Waals surface area contributed by atoms with Crippen LogP contribution in [-0.2, 0) is 15.6 Å². The van der Waals surface area contributed by atoms with Gasteiger partial charge in [0.1, 0.15) is 5.75 Å². The summed E-state index contributed by atoms with van der Waals surface area (Å²) in [5, 5.41) is 0. The van der Waals surface area contributed by atoms with Gasteiger partial charge in [-0.25, -0.2) is 8.42 Å². The molecule has 2 rings (SSSR count). The van der Waals surface area contributed by atoms with Crippen molar-refractivity contribution < 1.29 is 13.2 Å². The zero-order valence-corrected chi connectivity index (χ0v) is 13.4. The molecule has 0 spiro atoms. The molecule has 0 saturated heterocycles. The van der Waals surface area contributed by atoms with Gasteiger partial charge in [0.25, 0.3) is 0 Å². The van der Waals surface area contributed by atoms with Gasteiger partial charge >= 0.3 is 0 Å². The minimum Gasteiger partial charge on any atom is -0.491 e. The molecular formula is C17H20O3S. The first kappa shape index (κ1) is 15.6. The third-order valence-corrected chi connectivity index (χ3v) is 4.74. The van der Waals surface area contributed by atoms with E-state index in [0.717, 1.165) is 5.56 Å². The molecule has 3 nitrogen and oxygen atoms in total. The number of hydrogen-bond acceptors (Lipinski definition) is 3. The molecular weight excluding hydrogens is 284 g/mol. The van der Waals surface area contributed by atoms with E-state index in [1.807, 2.05) is 45.0 Å². The summed E-state index contributed by atoms with van der Waals surface area (Å²) in [5.41, 5.74) is 1.73. The highest BCUT2D eigenvalue weighted by Crippen LogP contribution is 2.24. The van der Waals surface area contributed by atoms with Crippen molar-refractivity contribution in [1.82, 2.24) is 0 Å². The molecule has 0 amide bonds. The molecule has 0 bridgehead atoms. The van der Waals surface area contributed by atoms with E-state index in [1.165, 1.54) is 0 Å². The minimum atomic E-state index is -3.37. The summed E-state index contributed by atoms with van der Waals surface area (Å²) in [6.45, 7) is 5.78. The third-order valence-electron chi connectivity index (χ3n) is 3.06. The fourth-order valence-corrected chi connectivity index (χ4v) is 3.39. The first-order valence-corrected chi connectivity index (χ1v) is 8.58. The van der Waals surface area contributed by atoms with Gasteiger partial charge in [-0.05, 0) is 39.0 Å². The van der Waals surface area contributed by atoms with Gasteiger partial charge in [0.05, 0.1) is 16.8 Å². The molecule has 0 unspecified atom stereocenters.